The molecule has 2 aromatic carbocycles. The van der Waals surface area contributed by atoms with Gasteiger partial charge in [-0.2, -0.15) is 0 Å². The van der Waals surface area contributed by atoms with E-state index in [0.29, 0.717) is 21.5 Å². The van der Waals surface area contributed by atoms with Crippen LogP contribution in [0.2, 0.25) is 10.0 Å². The molecule has 0 aliphatic heterocycles. The summed E-state index contributed by atoms with van der Waals surface area (Å²) in [6.45, 7) is 0. The fraction of sp³-hybridized carbons (Fsp3) is 0.200. The Labute approximate surface area is 150 Å². The third kappa shape index (κ3) is 3.67. The Morgan fingerprint density at radius 1 is 0.952 bits per heavy atom. The zero-order valence-electron chi connectivity index (χ0n) is 11.3. The Bertz CT molecular complexity index is 662. The zero-order chi connectivity index (χ0) is 15.6. The van der Waals surface area contributed by atoms with Gasteiger partial charge in [0.1, 0.15) is 0 Å². The standard InChI is InChI=1S/C15H12Br2Cl2O2/c1-20-13-6-9(10(16)7-14(13)21-2)15(17)8-3-4-11(18)12(19)5-8/h3-7,15H,1-2H3. The first-order valence-electron chi connectivity index (χ1n) is 5.98. The molecule has 0 aromatic heterocycles. The lowest BCUT2D eigenvalue weighted by atomic mass is 10.0. The van der Waals surface area contributed by atoms with Crippen molar-refractivity contribution in [3.05, 3.63) is 56.0 Å². The lowest BCUT2D eigenvalue weighted by Crippen LogP contribution is -1.98. The molecule has 0 aliphatic carbocycles. The van der Waals surface area contributed by atoms with Gasteiger partial charge in [0.2, 0.25) is 0 Å². The van der Waals surface area contributed by atoms with Gasteiger partial charge in [-0.05, 0) is 35.4 Å². The molecule has 2 rings (SSSR count). The van der Waals surface area contributed by atoms with Crippen molar-refractivity contribution in [1.82, 2.24) is 0 Å². The first-order valence-corrected chi connectivity index (χ1v) is 8.44. The summed E-state index contributed by atoms with van der Waals surface area (Å²) in [6.07, 6.45) is 0. The molecule has 0 heterocycles. The topological polar surface area (TPSA) is 18.5 Å². The van der Waals surface area contributed by atoms with Gasteiger partial charge < -0.3 is 9.47 Å². The van der Waals surface area contributed by atoms with E-state index in [1.807, 2.05) is 24.3 Å². The summed E-state index contributed by atoms with van der Waals surface area (Å²) in [6, 6.07) is 9.34. The molecule has 0 saturated heterocycles. The number of rotatable bonds is 4. The number of methoxy groups -OCH3 is 2. The molecule has 0 bridgehead atoms. The van der Waals surface area contributed by atoms with E-state index in [1.54, 1.807) is 20.3 Å². The molecular formula is C15H12Br2Cl2O2. The lowest BCUT2D eigenvalue weighted by Gasteiger charge is -2.16. The second-order valence-electron chi connectivity index (χ2n) is 4.26. The van der Waals surface area contributed by atoms with Crippen molar-refractivity contribution in [2.75, 3.05) is 14.2 Å². The molecule has 0 spiro atoms. The Hall–Kier alpha value is -0.420. The zero-order valence-corrected chi connectivity index (χ0v) is 16.0. The van der Waals surface area contributed by atoms with Crippen molar-refractivity contribution in [2.24, 2.45) is 0 Å². The highest BCUT2D eigenvalue weighted by molar-refractivity contribution is 9.11. The fourth-order valence-electron chi connectivity index (χ4n) is 1.91. The number of halogens is 4. The number of alkyl halides is 1. The Morgan fingerprint density at radius 3 is 2.14 bits per heavy atom. The van der Waals surface area contributed by atoms with Crippen LogP contribution in [0, 0.1) is 0 Å². The van der Waals surface area contributed by atoms with Crippen LogP contribution < -0.4 is 9.47 Å². The molecule has 112 valence electrons. The van der Waals surface area contributed by atoms with Gasteiger partial charge in [0.05, 0.1) is 29.1 Å². The van der Waals surface area contributed by atoms with Gasteiger partial charge in [-0.15, -0.1) is 0 Å². The average Bonchev–Trinajstić information content (AvgIpc) is 2.49. The van der Waals surface area contributed by atoms with Gasteiger partial charge in [0, 0.05) is 4.47 Å². The summed E-state index contributed by atoms with van der Waals surface area (Å²) in [5.74, 6) is 1.34. The normalized spacial score (nSPS) is 12.1. The van der Waals surface area contributed by atoms with Crippen molar-refractivity contribution in [1.29, 1.82) is 0 Å². The van der Waals surface area contributed by atoms with Crippen molar-refractivity contribution < 1.29 is 9.47 Å². The summed E-state index contributed by atoms with van der Waals surface area (Å²) >= 11 is 19.3. The van der Waals surface area contributed by atoms with E-state index in [9.17, 15) is 0 Å². The second kappa shape index (κ2) is 7.23. The van der Waals surface area contributed by atoms with Crippen LogP contribution in [0.3, 0.4) is 0 Å². The second-order valence-corrected chi connectivity index (χ2v) is 6.85. The van der Waals surface area contributed by atoms with Gasteiger partial charge in [-0.1, -0.05) is 61.1 Å². The molecule has 0 fully saturated rings. The number of ether oxygens (including phenoxy) is 2. The van der Waals surface area contributed by atoms with E-state index in [0.717, 1.165) is 15.6 Å². The number of hydrogen-bond acceptors (Lipinski definition) is 2. The molecule has 0 amide bonds. The van der Waals surface area contributed by atoms with Crippen LogP contribution in [0.1, 0.15) is 16.0 Å². The average molecular weight is 455 g/mol. The lowest BCUT2D eigenvalue weighted by molar-refractivity contribution is 0.354. The quantitative estimate of drug-likeness (QED) is 0.508. The van der Waals surface area contributed by atoms with Gasteiger partial charge in [0.15, 0.2) is 11.5 Å². The highest BCUT2D eigenvalue weighted by Gasteiger charge is 2.18. The first-order chi connectivity index (χ1) is 9.97. The van der Waals surface area contributed by atoms with Crippen LogP contribution in [0.15, 0.2) is 34.8 Å². The molecule has 6 heteroatoms. The molecule has 0 aliphatic rings. The summed E-state index contributed by atoms with van der Waals surface area (Å²) in [5, 5.41) is 1.06. The largest absolute Gasteiger partial charge is 0.493 e. The SMILES string of the molecule is COc1cc(Br)c(C(Br)c2ccc(Cl)c(Cl)c2)cc1OC. The number of benzene rings is 2. The van der Waals surface area contributed by atoms with E-state index < -0.39 is 0 Å². The Kier molecular flexibility index (Phi) is 5.83. The van der Waals surface area contributed by atoms with Crippen molar-refractivity contribution in [2.45, 2.75) is 4.83 Å². The predicted molar refractivity (Wildman–Crippen MR) is 94.5 cm³/mol. The van der Waals surface area contributed by atoms with E-state index in [2.05, 4.69) is 31.9 Å². The smallest absolute Gasteiger partial charge is 0.161 e. The molecule has 2 aromatic rings. The van der Waals surface area contributed by atoms with E-state index in [1.165, 1.54) is 0 Å². The van der Waals surface area contributed by atoms with Crippen molar-refractivity contribution in [3.8, 4) is 11.5 Å². The molecule has 21 heavy (non-hydrogen) atoms. The van der Waals surface area contributed by atoms with Crippen LogP contribution in [0.25, 0.3) is 0 Å². The minimum Gasteiger partial charge on any atom is -0.493 e. The first kappa shape index (κ1) is 16.9. The maximum atomic E-state index is 6.08. The van der Waals surface area contributed by atoms with Gasteiger partial charge in [0.25, 0.3) is 0 Å². The third-order valence-corrected chi connectivity index (χ3v) is 5.46. The predicted octanol–water partition coefficient (Wildman–Crippen LogP) is 6.26. The van der Waals surface area contributed by atoms with E-state index >= 15 is 0 Å². The van der Waals surface area contributed by atoms with Crippen LogP contribution in [-0.4, -0.2) is 14.2 Å². The Morgan fingerprint density at radius 2 is 1.57 bits per heavy atom. The summed E-state index contributed by atoms with van der Waals surface area (Å²) in [4.78, 5) is -0.0542. The molecule has 0 saturated carbocycles. The summed E-state index contributed by atoms with van der Waals surface area (Å²) in [7, 11) is 3.21. The molecule has 1 unspecified atom stereocenters. The van der Waals surface area contributed by atoms with Crippen molar-refractivity contribution in [3.63, 3.8) is 0 Å². The van der Waals surface area contributed by atoms with Crippen LogP contribution in [0.4, 0.5) is 0 Å². The monoisotopic (exact) mass is 452 g/mol. The van der Waals surface area contributed by atoms with Gasteiger partial charge in [-0.25, -0.2) is 0 Å². The molecule has 0 N–H and O–H groups in total. The van der Waals surface area contributed by atoms with E-state index in [-0.39, 0.29) is 4.83 Å². The fourth-order valence-corrected chi connectivity index (χ4v) is 3.74. The van der Waals surface area contributed by atoms with Gasteiger partial charge in [-0.3, -0.25) is 0 Å². The number of hydrogen-bond donors (Lipinski definition) is 0. The van der Waals surface area contributed by atoms with Gasteiger partial charge >= 0.3 is 0 Å². The molecule has 2 nitrogen and oxygen atoms in total. The molecule has 1 atom stereocenters. The van der Waals surface area contributed by atoms with Crippen LogP contribution in [0.5, 0.6) is 11.5 Å². The summed E-state index contributed by atoms with van der Waals surface area (Å²) in [5.41, 5.74) is 2.00. The van der Waals surface area contributed by atoms with Crippen LogP contribution >= 0.6 is 55.1 Å². The third-order valence-electron chi connectivity index (χ3n) is 3.01. The van der Waals surface area contributed by atoms with Crippen LogP contribution in [-0.2, 0) is 0 Å². The highest BCUT2D eigenvalue weighted by Crippen LogP contribution is 2.42. The minimum absolute atomic E-state index is 0.0542. The van der Waals surface area contributed by atoms with E-state index in [4.69, 9.17) is 32.7 Å². The highest BCUT2D eigenvalue weighted by atomic mass is 79.9. The minimum atomic E-state index is -0.0542. The maximum absolute atomic E-state index is 6.08. The molecular weight excluding hydrogens is 443 g/mol. The molecule has 0 radical (unpaired) electrons. The Balaban J connectivity index is 2.47. The summed E-state index contributed by atoms with van der Waals surface area (Å²) < 4.78 is 11.5. The maximum Gasteiger partial charge on any atom is 0.161 e. The van der Waals surface area contributed by atoms with Crippen molar-refractivity contribution >= 4 is 55.1 Å².